The first-order chi connectivity index (χ1) is 12.2. The number of rotatable bonds is 4. The SMILES string of the molecule is CN1CCCC1c1cc(C(=O)Nc2cn[nH]c2-c2ccccc2)n[nH]1. The van der Waals surface area contributed by atoms with Gasteiger partial charge in [0, 0.05) is 5.56 Å². The third kappa shape index (κ3) is 3.06. The highest BCUT2D eigenvalue weighted by atomic mass is 16.1. The Bertz CT molecular complexity index is 869. The Morgan fingerprint density at radius 2 is 2.12 bits per heavy atom. The minimum absolute atomic E-state index is 0.248. The van der Waals surface area contributed by atoms with Crippen LogP contribution in [0.25, 0.3) is 11.3 Å². The van der Waals surface area contributed by atoms with Crippen molar-refractivity contribution in [1.82, 2.24) is 25.3 Å². The summed E-state index contributed by atoms with van der Waals surface area (Å²) in [4.78, 5) is 14.8. The van der Waals surface area contributed by atoms with E-state index in [-0.39, 0.29) is 5.91 Å². The van der Waals surface area contributed by atoms with Crippen LogP contribution >= 0.6 is 0 Å². The average Bonchev–Trinajstić information content (AvgIpc) is 3.35. The molecule has 7 nitrogen and oxygen atoms in total. The quantitative estimate of drug-likeness (QED) is 0.683. The highest BCUT2D eigenvalue weighted by Gasteiger charge is 2.25. The largest absolute Gasteiger partial charge is 0.317 e. The van der Waals surface area contributed by atoms with Gasteiger partial charge in [0.2, 0.25) is 0 Å². The number of aromatic amines is 2. The lowest BCUT2D eigenvalue weighted by Crippen LogP contribution is -2.17. The fourth-order valence-electron chi connectivity index (χ4n) is 3.32. The van der Waals surface area contributed by atoms with E-state index in [0.29, 0.717) is 17.4 Å². The van der Waals surface area contributed by atoms with Gasteiger partial charge in [-0.1, -0.05) is 30.3 Å². The third-order valence-corrected chi connectivity index (χ3v) is 4.66. The number of likely N-dealkylation sites (tertiary alicyclic amines) is 1. The van der Waals surface area contributed by atoms with Gasteiger partial charge in [0.05, 0.1) is 29.3 Å². The summed E-state index contributed by atoms with van der Waals surface area (Å²) in [6, 6.07) is 11.9. The molecular formula is C18H20N6O. The van der Waals surface area contributed by atoms with Crippen LogP contribution in [0.4, 0.5) is 5.69 Å². The van der Waals surface area contributed by atoms with E-state index in [9.17, 15) is 4.79 Å². The molecular weight excluding hydrogens is 316 g/mol. The van der Waals surface area contributed by atoms with E-state index in [4.69, 9.17) is 0 Å². The van der Waals surface area contributed by atoms with Crippen LogP contribution in [0.5, 0.6) is 0 Å². The Morgan fingerprint density at radius 1 is 1.28 bits per heavy atom. The molecule has 1 aliphatic heterocycles. The third-order valence-electron chi connectivity index (χ3n) is 4.66. The van der Waals surface area contributed by atoms with Crippen molar-refractivity contribution in [3.05, 3.63) is 54.0 Å². The zero-order valence-electron chi connectivity index (χ0n) is 14.0. The fourth-order valence-corrected chi connectivity index (χ4v) is 3.32. The number of hydrogen-bond acceptors (Lipinski definition) is 4. The number of nitrogens with one attached hydrogen (secondary N) is 3. The number of benzene rings is 1. The zero-order chi connectivity index (χ0) is 17.2. The molecule has 1 aromatic carbocycles. The van der Waals surface area contributed by atoms with Gasteiger partial charge in [-0.05, 0) is 32.5 Å². The van der Waals surface area contributed by atoms with Gasteiger partial charge in [0.15, 0.2) is 5.69 Å². The minimum Gasteiger partial charge on any atom is -0.317 e. The predicted molar refractivity (Wildman–Crippen MR) is 95.2 cm³/mol. The Morgan fingerprint density at radius 3 is 2.88 bits per heavy atom. The van der Waals surface area contributed by atoms with Crippen molar-refractivity contribution in [3.8, 4) is 11.3 Å². The lowest BCUT2D eigenvalue weighted by atomic mass is 10.1. The lowest BCUT2D eigenvalue weighted by molar-refractivity contribution is 0.102. The van der Waals surface area contributed by atoms with Crippen LogP contribution in [-0.4, -0.2) is 44.8 Å². The molecule has 0 aliphatic carbocycles. The molecule has 3 aromatic rings. The van der Waals surface area contributed by atoms with E-state index in [1.807, 2.05) is 36.4 Å². The molecule has 1 aliphatic rings. The van der Waals surface area contributed by atoms with Crippen LogP contribution < -0.4 is 5.32 Å². The molecule has 25 heavy (non-hydrogen) atoms. The topological polar surface area (TPSA) is 89.7 Å². The standard InChI is InChI=1S/C18H20N6O/c1-24-9-5-8-16(24)13-10-14(22-21-13)18(25)20-15-11-19-23-17(15)12-6-3-2-4-7-12/h2-4,6-7,10-11,16H,5,8-9H2,1H3,(H,19,23)(H,20,25)(H,21,22). The predicted octanol–water partition coefficient (Wildman–Crippen LogP) is 2.82. The van der Waals surface area contributed by atoms with E-state index in [1.54, 1.807) is 6.20 Å². The molecule has 1 amide bonds. The molecule has 4 rings (SSSR count). The number of H-pyrrole nitrogens is 2. The molecule has 2 aromatic heterocycles. The molecule has 1 fully saturated rings. The number of anilines is 1. The number of carbonyl (C=O) groups is 1. The summed E-state index contributed by atoms with van der Waals surface area (Å²) >= 11 is 0. The van der Waals surface area contributed by atoms with Crippen molar-refractivity contribution >= 4 is 11.6 Å². The molecule has 1 unspecified atom stereocenters. The summed E-state index contributed by atoms with van der Waals surface area (Å²) in [6.07, 6.45) is 3.86. The highest BCUT2D eigenvalue weighted by molar-refractivity contribution is 6.04. The van der Waals surface area contributed by atoms with Crippen molar-refractivity contribution in [2.75, 3.05) is 18.9 Å². The van der Waals surface area contributed by atoms with Crippen molar-refractivity contribution in [3.63, 3.8) is 0 Å². The summed E-state index contributed by atoms with van der Waals surface area (Å²) < 4.78 is 0. The van der Waals surface area contributed by atoms with Crippen LogP contribution in [0.15, 0.2) is 42.6 Å². The number of aromatic nitrogens is 4. The first-order valence-electron chi connectivity index (χ1n) is 8.38. The molecule has 1 saturated heterocycles. The van der Waals surface area contributed by atoms with E-state index >= 15 is 0 Å². The summed E-state index contributed by atoms with van der Waals surface area (Å²) in [5.74, 6) is -0.248. The Labute approximate surface area is 145 Å². The van der Waals surface area contributed by atoms with E-state index < -0.39 is 0 Å². The molecule has 7 heteroatoms. The number of nitrogens with zero attached hydrogens (tertiary/aromatic N) is 3. The first-order valence-corrected chi connectivity index (χ1v) is 8.38. The Balaban J connectivity index is 1.52. The summed E-state index contributed by atoms with van der Waals surface area (Å²) in [7, 11) is 2.09. The van der Waals surface area contributed by atoms with E-state index in [1.165, 1.54) is 0 Å². The number of carbonyl (C=O) groups excluding carboxylic acids is 1. The Kier molecular flexibility index (Phi) is 4.07. The van der Waals surface area contributed by atoms with Crippen LogP contribution in [-0.2, 0) is 0 Å². The van der Waals surface area contributed by atoms with Gasteiger partial charge >= 0.3 is 0 Å². The molecule has 128 valence electrons. The van der Waals surface area contributed by atoms with Gasteiger partial charge in [0.25, 0.3) is 5.91 Å². The van der Waals surface area contributed by atoms with Gasteiger partial charge in [-0.3, -0.25) is 19.9 Å². The summed E-state index contributed by atoms with van der Waals surface area (Å²) in [6.45, 7) is 1.07. The van der Waals surface area contributed by atoms with Gasteiger partial charge in [0.1, 0.15) is 0 Å². The maximum absolute atomic E-state index is 12.6. The van der Waals surface area contributed by atoms with Crippen LogP contribution in [0, 0.1) is 0 Å². The van der Waals surface area contributed by atoms with Crippen LogP contribution in [0.2, 0.25) is 0 Å². The van der Waals surface area contributed by atoms with E-state index in [2.05, 4.69) is 37.7 Å². The molecule has 1 atom stereocenters. The van der Waals surface area contributed by atoms with E-state index in [0.717, 1.165) is 36.3 Å². The van der Waals surface area contributed by atoms with Gasteiger partial charge in [-0.25, -0.2) is 0 Å². The zero-order valence-corrected chi connectivity index (χ0v) is 14.0. The molecule has 3 heterocycles. The number of amides is 1. The average molecular weight is 336 g/mol. The van der Waals surface area contributed by atoms with Crippen molar-refractivity contribution in [1.29, 1.82) is 0 Å². The molecule has 0 radical (unpaired) electrons. The maximum atomic E-state index is 12.6. The van der Waals surface area contributed by atoms with Gasteiger partial charge in [-0.15, -0.1) is 0 Å². The minimum atomic E-state index is -0.248. The van der Waals surface area contributed by atoms with Crippen molar-refractivity contribution in [2.24, 2.45) is 0 Å². The molecule has 0 spiro atoms. The lowest BCUT2D eigenvalue weighted by Gasteiger charge is -2.16. The molecule has 3 N–H and O–H groups in total. The van der Waals surface area contributed by atoms with Gasteiger partial charge < -0.3 is 5.32 Å². The highest BCUT2D eigenvalue weighted by Crippen LogP contribution is 2.29. The van der Waals surface area contributed by atoms with Crippen molar-refractivity contribution in [2.45, 2.75) is 18.9 Å². The first kappa shape index (κ1) is 15.6. The van der Waals surface area contributed by atoms with Crippen molar-refractivity contribution < 1.29 is 4.79 Å². The normalized spacial score (nSPS) is 17.7. The fraction of sp³-hybridized carbons (Fsp3) is 0.278. The molecule has 0 bridgehead atoms. The second-order valence-electron chi connectivity index (χ2n) is 6.33. The second kappa shape index (κ2) is 6.52. The summed E-state index contributed by atoms with van der Waals surface area (Å²) in [5.41, 5.74) is 3.75. The number of hydrogen-bond donors (Lipinski definition) is 3. The summed E-state index contributed by atoms with van der Waals surface area (Å²) in [5, 5.41) is 17.1. The maximum Gasteiger partial charge on any atom is 0.276 e. The molecule has 0 saturated carbocycles. The monoisotopic (exact) mass is 336 g/mol. The second-order valence-corrected chi connectivity index (χ2v) is 6.33. The van der Waals surface area contributed by atoms with Crippen LogP contribution in [0.3, 0.4) is 0 Å². The van der Waals surface area contributed by atoms with Crippen LogP contribution in [0.1, 0.15) is 35.1 Å². The Hall–Kier alpha value is -2.93. The smallest absolute Gasteiger partial charge is 0.276 e. The van der Waals surface area contributed by atoms with Gasteiger partial charge in [-0.2, -0.15) is 10.2 Å².